The van der Waals surface area contributed by atoms with Crippen LogP contribution >= 0.6 is 27.3 Å². The number of rotatable bonds is 4. The van der Waals surface area contributed by atoms with E-state index < -0.39 is 15.8 Å². The number of carboxylic acids is 1. The highest BCUT2D eigenvalue weighted by Gasteiger charge is 2.20. The van der Waals surface area contributed by atoms with Gasteiger partial charge in [-0.1, -0.05) is 0 Å². The molecule has 0 aliphatic carbocycles. The number of aromatic carboxylic acids is 1. The van der Waals surface area contributed by atoms with Gasteiger partial charge in [-0.2, -0.15) is 11.3 Å². The molecular weight excluding hydrogens is 352 g/mol. The zero-order chi connectivity index (χ0) is 14.0. The van der Waals surface area contributed by atoms with Gasteiger partial charge < -0.3 is 5.11 Å². The highest BCUT2D eigenvalue weighted by atomic mass is 79.9. The van der Waals surface area contributed by atoms with Crippen molar-refractivity contribution in [1.82, 2.24) is 0 Å². The van der Waals surface area contributed by atoms with E-state index >= 15 is 0 Å². The molecule has 1 heterocycles. The molecule has 0 fully saturated rings. The van der Waals surface area contributed by atoms with E-state index in [2.05, 4.69) is 15.9 Å². The van der Waals surface area contributed by atoms with Crippen molar-refractivity contribution >= 4 is 43.1 Å². The van der Waals surface area contributed by atoms with Crippen LogP contribution in [0, 0.1) is 0 Å². The number of carboxylic acid groups (broad SMARTS) is 1. The first kappa shape index (κ1) is 14.2. The molecule has 0 saturated heterocycles. The number of sulfone groups is 1. The minimum absolute atomic E-state index is 0.00130. The van der Waals surface area contributed by atoms with Crippen molar-refractivity contribution in [3.8, 4) is 0 Å². The molecule has 0 bridgehead atoms. The molecule has 0 amide bonds. The smallest absolute Gasteiger partial charge is 0.335 e. The number of halogens is 1. The fourth-order valence-corrected chi connectivity index (χ4v) is 4.75. The van der Waals surface area contributed by atoms with E-state index in [1.54, 1.807) is 16.8 Å². The Bertz CT molecular complexity index is 705. The number of hydrogen-bond donors (Lipinski definition) is 1. The molecule has 2 rings (SSSR count). The van der Waals surface area contributed by atoms with Crippen molar-refractivity contribution in [2.75, 3.05) is 0 Å². The second-order valence-corrected chi connectivity index (χ2v) is 7.43. The average Bonchev–Trinajstić information content (AvgIpc) is 2.81. The molecule has 0 spiro atoms. The average molecular weight is 361 g/mol. The summed E-state index contributed by atoms with van der Waals surface area (Å²) in [5.74, 6) is -1.29. The monoisotopic (exact) mass is 360 g/mol. The van der Waals surface area contributed by atoms with E-state index in [0.29, 0.717) is 10.0 Å². The van der Waals surface area contributed by atoms with Crippen LogP contribution in [0.15, 0.2) is 44.4 Å². The second-order valence-electron chi connectivity index (χ2n) is 3.84. The van der Waals surface area contributed by atoms with Gasteiger partial charge in [0.1, 0.15) is 0 Å². The van der Waals surface area contributed by atoms with Crippen molar-refractivity contribution in [1.29, 1.82) is 0 Å². The summed E-state index contributed by atoms with van der Waals surface area (Å²) in [6.07, 6.45) is 0. The summed E-state index contributed by atoms with van der Waals surface area (Å²) in [5, 5.41) is 12.5. The van der Waals surface area contributed by atoms with Gasteiger partial charge in [0, 0.05) is 4.47 Å². The van der Waals surface area contributed by atoms with Gasteiger partial charge in [0.15, 0.2) is 9.84 Å². The van der Waals surface area contributed by atoms with Crippen LogP contribution in [0.2, 0.25) is 0 Å². The van der Waals surface area contributed by atoms with Gasteiger partial charge in [0.25, 0.3) is 0 Å². The summed E-state index contributed by atoms with van der Waals surface area (Å²) in [6.45, 7) is 0. The second kappa shape index (κ2) is 5.44. The molecule has 0 atom stereocenters. The van der Waals surface area contributed by atoms with Crippen LogP contribution in [-0.4, -0.2) is 19.5 Å². The van der Waals surface area contributed by atoms with Crippen LogP contribution in [0.25, 0.3) is 0 Å². The number of benzene rings is 1. The van der Waals surface area contributed by atoms with E-state index in [9.17, 15) is 13.2 Å². The summed E-state index contributed by atoms with van der Waals surface area (Å²) >= 11 is 4.57. The van der Waals surface area contributed by atoms with Crippen molar-refractivity contribution in [2.45, 2.75) is 10.6 Å². The highest BCUT2D eigenvalue weighted by Crippen LogP contribution is 2.27. The van der Waals surface area contributed by atoms with Gasteiger partial charge in [-0.3, -0.25) is 0 Å². The third-order valence-electron chi connectivity index (χ3n) is 2.45. The van der Waals surface area contributed by atoms with Crippen LogP contribution in [0.5, 0.6) is 0 Å². The van der Waals surface area contributed by atoms with Crippen LogP contribution in [0.3, 0.4) is 0 Å². The van der Waals surface area contributed by atoms with E-state index in [1.165, 1.54) is 29.5 Å². The Morgan fingerprint density at radius 3 is 2.63 bits per heavy atom. The highest BCUT2D eigenvalue weighted by molar-refractivity contribution is 9.10. The molecule has 1 aromatic carbocycles. The van der Waals surface area contributed by atoms with Gasteiger partial charge in [-0.05, 0) is 56.5 Å². The van der Waals surface area contributed by atoms with Crippen molar-refractivity contribution in [3.63, 3.8) is 0 Å². The lowest BCUT2D eigenvalue weighted by Gasteiger charge is -2.07. The van der Waals surface area contributed by atoms with E-state index in [1.807, 2.05) is 0 Å². The predicted molar refractivity (Wildman–Crippen MR) is 76.3 cm³/mol. The first-order chi connectivity index (χ1) is 8.90. The zero-order valence-electron chi connectivity index (χ0n) is 9.54. The number of hydrogen-bond acceptors (Lipinski definition) is 4. The predicted octanol–water partition coefficient (Wildman–Crippen LogP) is 3.18. The molecule has 2 aromatic rings. The first-order valence-electron chi connectivity index (χ1n) is 5.17. The Morgan fingerprint density at radius 2 is 2.05 bits per heavy atom. The standard InChI is InChI=1S/C12H9BrO4S2/c13-10-2-1-9(12(14)15)5-11(10)19(16,17)7-8-3-4-18-6-8/h1-6H,7H2,(H,14,15). The Labute approximate surface area is 122 Å². The minimum Gasteiger partial charge on any atom is -0.478 e. The Balaban J connectivity index is 2.45. The molecule has 1 aromatic heterocycles. The molecule has 100 valence electrons. The Morgan fingerprint density at radius 1 is 1.32 bits per heavy atom. The summed E-state index contributed by atoms with van der Waals surface area (Å²) in [6, 6.07) is 5.70. The normalized spacial score (nSPS) is 11.4. The summed E-state index contributed by atoms with van der Waals surface area (Å²) in [5.41, 5.74) is 0.643. The van der Waals surface area contributed by atoms with Gasteiger partial charge >= 0.3 is 5.97 Å². The summed E-state index contributed by atoms with van der Waals surface area (Å²) in [4.78, 5) is 10.9. The van der Waals surface area contributed by atoms with E-state index in [0.717, 1.165) is 0 Å². The third-order valence-corrected chi connectivity index (χ3v) is 5.86. The molecule has 1 N–H and O–H groups in total. The van der Waals surface area contributed by atoms with E-state index in [4.69, 9.17) is 5.11 Å². The fourth-order valence-electron chi connectivity index (χ4n) is 1.55. The van der Waals surface area contributed by atoms with Gasteiger partial charge in [-0.25, -0.2) is 13.2 Å². The number of carbonyl (C=O) groups is 1. The maximum Gasteiger partial charge on any atom is 0.335 e. The van der Waals surface area contributed by atoms with Crippen molar-refractivity contribution < 1.29 is 18.3 Å². The SMILES string of the molecule is O=C(O)c1ccc(Br)c(S(=O)(=O)Cc2ccsc2)c1. The van der Waals surface area contributed by atoms with E-state index in [-0.39, 0.29) is 16.2 Å². The lowest BCUT2D eigenvalue weighted by Crippen LogP contribution is -2.07. The van der Waals surface area contributed by atoms with Crippen molar-refractivity contribution in [3.05, 3.63) is 50.6 Å². The lowest BCUT2D eigenvalue weighted by atomic mass is 10.2. The molecule has 7 heteroatoms. The third kappa shape index (κ3) is 3.23. The van der Waals surface area contributed by atoms with Crippen LogP contribution < -0.4 is 0 Å². The maximum atomic E-state index is 12.3. The Hall–Kier alpha value is -1.18. The van der Waals surface area contributed by atoms with Gasteiger partial charge in [0.05, 0.1) is 16.2 Å². The number of thiophene rings is 1. The largest absolute Gasteiger partial charge is 0.478 e. The molecule has 0 radical (unpaired) electrons. The van der Waals surface area contributed by atoms with Crippen LogP contribution in [0.4, 0.5) is 0 Å². The molecule has 0 aliphatic heterocycles. The first-order valence-corrected chi connectivity index (χ1v) is 8.55. The lowest BCUT2D eigenvalue weighted by molar-refractivity contribution is 0.0696. The maximum absolute atomic E-state index is 12.3. The van der Waals surface area contributed by atoms with Gasteiger partial charge in [0.2, 0.25) is 0 Å². The molecular formula is C12H9BrO4S2. The quantitative estimate of drug-likeness (QED) is 0.908. The van der Waals surface area contributed by atoms with Crippen LogP contribution in [0.1, 0.15) is 15.9 Å². The molecule has 0 aliphatic rings. The molecule has 0 unspecified atom stereocenters. The molecule has 4 nitrogen and oxygen atoms in total. The summed E-state index contributed by atoms with van der Waals surface area (Å²) in [7, 11) is -3.57. The van der Waals surface area contributed by atoms with Crippen LogP contribution in [-0.2, 0) is 15.6 Å². The molecule has 0 saturated carbocycles. The fraction of sp³-hybridized carbons (Fsp3) is 0.0833. The Kier molecular flexibility index (Phi) is 4.07. The topological polar surface area (TPSA) is 71.4 Å². The molecule has 19 heavy (non-hydrogen) atoms. The van der Waals surface area contributed by atoms with Crippen molar-refractivity contribution in [2.24, 2.45) is 0 Å². The zero-order valence-corrected chi connectivity index (χ0v) is 12.8. The summed E-state index contributed by atoms with van der Waals surface area (Å²) < 4.78 is 24.9. The van der Waals surface area contributed by atoms with Gasteiger partial charge in [-0.15, -0.1) is 0 Å². The minimum atomic E-state index is -3.57.